The van der Waals surface area contributed by atoms with Gasteiger partial charge >= 0.3 is 23.9 Å². The van der Waals surface area contributed by atoms with Crippen LogP contribution in [-0.4, -0.2) is 99.9 Å². The summed E-state index contributed by atoms with van der Waals surface area (Å²) in [6.45, 7) is 2.60. The standard InChI is InChI=1S/C20H33N5O10/c1-33-8-9-34-10-11-35-13-14-12-25(24-23-14)7-3-2-4-15(18(28)29)21-20(32)22-16(19(30)31)5-6-17(26)27/h12,15-16H,2-11,13H2,1H3,(H,26,27)(H,28,29)(H,30,31)(H2,21,22,32)/t15-,16?/m0/s1. The Morgan fingerprint density at radius 1 is 0.943 bits per heavy atom. The summed E-state index contributed by atoms with van der Waals surface area (Å²) >= 11 is 0. The fourth-order valence-corrected chi connectivity index (χ4v) is 2.82. The molecule has 5 N–H and O–H groups in total. The van der Waals surface area contributed by atoms with Crippen molar-refractivity contribution in [3.8, 4) is 0 Å². The van der Waals surface area contributed by atoms with Gasteiger partial charge in [-0.3, -0.25) is 9.48 Å². The first kappa shape index (κ1) is 29.7. The number of carboxylic acids is 3. The lowest BCUT2D eigenvalue weighted by Crippen LogP contribution is -2.51. The number of aryl methyl sites for hydroxylation is 1. The van der Waals surface area contributed by atoms with Gasteiger partial charge in [-0.15, -0.1) is 5.10 Å². The van der Waals surface area contributed by atoms with E-state index in [4.69, 9.17) is 24.4 Å². The molecule has 0 spiro atoms. The highest BCUT2D eigenvalue weighted by Crippen LogP contribution is 2.05. The SMILES string of the molecule is COCCOCCOCc1cn(CCCC[C@H](NC(=O)NC(CCC(=O)O)C(=O)O)C(=O)O)nn1. The molecule has 0 radical (unpaired) electrons. The zero-order valence-electron chi connectivity index (χ0n) is 19.6. The normalized spacial score (nSPS) is 12.6. The van der Waals surface area contributed by atoms with Gasteiger partial charge in [-0.25, -0.2) is 14.4 Å². The molecule has 1 aromatic heterocycles. The third kappa shape index (κ3) is 13.9. The van der Waals surface area contributed by atoms with Crippen LogP contribution in [0.25, 0.3) is 0 Å². The number of aliphatic carboxylic acids is 3. The maximum Gasteiger partial charge on any atom is 0.326 e. The highest BCUT2D eigenvalue weighted by molar-refractivity contribution is 5.86. The number of carbonyl (C=O) groups is 4. The van der Waals surface area contributed by atoms with Crippen LogP contribution in [0.5, 0.6) is 0 Å². The first-order chi connectivity index (χ1) is 16.7. The highest BCUT2D eigenvalue weighted by Gasteiger charge is 2.24. The van der Waals surface area contributed by atoms with Crippen LogP contribution in [0, 0.1) is 0 Å². The average molecular weight is 504 g/mol. The molecule has 0 aliphatic rings. The summed E-state index contributed by atoms with van der Waals surface area (Å²) in [6.07, 6.45) is 2.02. The van der Waals surface area contributed by atoms with Gasteiger partial charge in [-0.1, -0.05) is 5.21 Å². The molecule has 0 aromatic carbocycles. The summed E-state index contributed by atoms with van der Waals surface area (Å²) in [5.74, 6) is -3.90. The first-order valence-electron chi connectivity index (χ1n) is 11.0. The average Bonchev–Trinajstić information content (AvgIpc) is 3.25. The van der Waals surface area contributed by atoms with E-state index in [0.29, 0.717) is 51.5 Å². The molecule has 15 nitrogen and oxygen atoms in total. The fourth-order valence-electron chi connectivity index (χ4n) is 2.82. The third-order valence-electron chi connectivity index (χ3n) is 4.62. The van der Waals surface area contributed by atoms with Gasteiger partial charge in [0.05, 0.1) is 39.2 Å². The topological polar surface area (TPSA) is 211 Å². The Morgan fingerprint density at radius 3 is 2.20 bits per heavy atom. The zero-order valence-corrected chi connectivity index (χ0v) is 19.6. The van der Waals surface area contributed by atoms with Crippen LogP contribution in [0.2, 0.25) is 0 Å². The van der Waals surface area contributed by atoms with E-state index < -0.39 is 42.4 Å². The molecule has 0 saturated carbocycles. The summed E-state index contributed by atoms with van der Waals surface area (Å²) < 4.78 is 17.2. The lowest BCUT2D eigenvalue weighted by molar-refractivity contribution is -0.140. The van der Waals surface area contributed by atoms with Gasteiger partial charge in [0.15, 0.2) is 0 Å². The lowest BCUT2D eigenvalue weighted by Gasteiger charge is -2.18. The van der Waals surface area contributed by atoms with Crippen molar-refractivity contribution in [1.29, 1.82) is 0 Å². The number of nitrogens with zero attached hydrogens (tertiary/aromatic N) is 3. The van der Waals surface area contributed by atoms with Gasteiger partial charge in [-0.2, -0.15) is 0 Å². The maximum atomic E-state index is 12.0. The second-order valence-electron chi connectivity index (χ2n) is 7.46. The van der Waals surface area contributed by atoms with Crippen molar-refractivity contribution in [3.63, 3.8) is 0 Å². The quantitative estimate of drug-likeness (QED) is 0.145. The number of unbranched alkanes of at least 4 members (excludes halogenated alkanes) is 1. The second-order valence-corrected chi connectivity index (χ2v) is 7.46. The van der Waals surface area contributed by atoms with E-state index in [1.807, 2.05) is 0 Å². The highest BCUT2D eigenvalue weighted by atomic mass is 16.5. The predicted octanol–water partition coefficient (Wildman–Crippen LogP) is -0.302. The first-order valence-corrected chi connectivity index (χ1v) is 11.0. The number of nitrogens with one attached hydrogen (secondary N) is 2. The molecule has 2 amide bonds. The number of aromatic nitrogens is 3. The largest absolute Gasteiger partial charge is 0.481 e. The van der Waals surface area contributed by atoms with E-state index in [2.05, 4.69) is 20.9 Å². The summed E-state index contributed by atoms with van der Waals surface area (Å²) in [7, 11) is 1.59. The minimum atomic E-state index is -1.45. The van der Waals surface area contributed by atoms with Crippen LogP contribution in [0.15, 0.2) is 6.20 Å². The molecule has 2 atom stereocenters. The lowest BCUT2D eigenvalue weighted by atomic mass is 10.1. The van der Waals surface area contributed by atoms with Crippen LogP contribution >= 0.6 is 0 Å². The van der Waals surface area contributed by atoms with Crippen molar-refractivity contribution < 1.29 is 48.7 Å². The fraction of sp³-hybridized carbons (Fsp3) is 0.700. The van der Waals surface area contributed by atoms with Crippen LogP contribution in [0.1, 0.15) is 37.8 Å². The molecule has 1 rings (SSSR count). The Labute approximate surface area is 201 Å². The van der Waals surface area contributed by atoms with Gasteiger partial charge < -0.3 is 40.2 Å². The van der Waals surface area contributed by atoms with Gasteiger partial charge in [0.2, 0.25) is 0 Å². The summed E-state index contributed by atoms with van der Waals surface area (Å²) in [5.41, 5.74) is 0.638. The van der Waals surface area contributed by atoms with Crippen molar-refractivity contribution >= 4 is 23.9 Å². The summed E-state index contributed by atoms with van der Waals surface area (Å²) in [4.78, 5) is 45.2. The Balaban J connectivity index is 2.32. The van der Waals surface area contributed by atoms with Crippen molar-refractivity contribution in [3.05, 3.63) is 11.9 Å². The second kappa shape index (κ2) is 17.2. The summed E-state index contributed by atoms with van der Waals surface area (Å²) in [5, 5.41) is 39.3. The molecular weight excluding hydrogens is 470 g/mol. The molecular formula is C20H33N5O10. The Morgan fingerprint density at radius 2 is 1.57 bits per heavy atom. The van der Waals surface area contributed by atoms with E-state index >= 15 is 0 Å². The predicted molar refractivity (Wildman–Crippen MR) is 118 cm³/mol. The summed E-state index contributed by atoms with van der Waals surface area (Å²) in [6, 6.07) is -3.69. The van der Waals surface area contributed by atoms with E-state index in [0.717, 1.165) is 0 Å². The van der Waals surface area contributed by atoms with Crippen LogP contribution in [0.4, 0.5) is 4.79 Å². The van der Waals surface area contributed by atoms with E-state index in [1.165, 1.54) is 0 Å². The molecule has 35 heavy (non-hydrogen) atoms. The number of rotatable bonds is 20. The number of ether oxygens (including phenoxy) is 3. The third-order valence-corrected chi connectivity index (χ3v) is 4.62. The molecule has 0 fully saturated rings. The van der Waals surface area contributed by atoms with Crippen molar-refractivity contribution in [2.75, 3.05) is 33.5 Å². The monoisotopic (exact) mass is 503 g/mol. The van der Waals surface area contributed by atoms with Crippen LogP contribution in [-0.2, 0) is 41.7 Å². The number of hydrogen-bond acceptors (Lipinski definition) is 9. The van der Waals surface area contributed by atoms with Crippen LogP contribution < -0.4 is 10.6 Å². The number of urea groups is 1. The van der Waals surface area contributed by atoms with Crippen molar-refractivity contribution in [2.24, 2.45) is 0 Å². The number of methoxy groups -OCH3 is 1. The maximum absolute atomic E-state index is 12.0. The molecule has 0 aliphatic carbocycles. The number of carboxylic acid groups (broad SMARTS) is 3. The van der Waals surface area contributed by atoms with E-state index in [-0.39, 0.29) is 19.4 Å². The molecule has 0 aliphatic heterocycles. The zero-order chi connectivity index (χ0) is 26.1. The molecule has 0 bridgehead atoms. The molecule has 198 valence electrons. The minimum absolute atomic E-state index is 0.101. The molecule has 1 heterocycles. The van der Waals surface area contributed by atoms with Crippen molar-refractivity contribution in [1.82, 2.24) is 25.6 Å². The molecule has 1 unspecified atom stereocenters. The van der Waals surface area contributed by atoms with Gasteiger partial charge in [0.25, 0.3) is 0 Å². The number of carbonyl (C=O) groups excluding carboxylic acids is 1. The smallest absolute Gasteiger partial charge is 0.326 e. The molecule has 15 heteroatoms. The van der Waals surface area contributed by atoms with Crippen molar-refractivity contribution in [2.45, 2.75) is 57.3 Å². The Bertz CT molecular complexity index is 803. The van der Waals surface area contributed by atoms with E-state index in [1.54, 1.807) is 18.0 Å². The minimum Gasteiger partial charge on any atom is -0.481 e. The van der Waals surface area contributed by atoms with E-state index in [9.17, 15) is 24.3 Å². The van der Waals surface area contributed by atoms with Gasteiger partial charge in [0.1, 0.15) is 17.8 Å². The Kier molecular flexibility index (Phi) is 14.6. The molecule has 1 aromatic rings. The van der Waals surface area contributed by atoms with Crippen LogP contribution in [0.3, 0.4) is 0 Å². The van der Waals surface area contributed by atoms with Gasteiger partial charge in [-0.05, 0) is 25.7 Å². The number of hydrogen-bond donors (Lipinski definition) is 5. The number of amides is 2. The molecule has 0 saturated heterocycles. The van der Waals surface area contributed by atoms with Gasteiger partial charge in [0, 0.05) is 20.1 Å². The Hall–Kier alpha value is -3.30.